The summed E-state index contributed by atoms with van der Waals surface area (Å²) in [5, 5.41) is 10.2. The van der Waals surface area contributed by atoms with Crippen molar-refractivity contribution in [2.75, 3.05) is 18.9 Å². The van der Waals surface area contributed by atoms with Crippen molar-refractivity contribution in [1.29, 1.82) is 0 Å². The van der Waals surface area contributed by atoms with Gasteiger partial charge in [0.1, 0.15) is 11.9 Å². The van der Waals surface area contributed by atoms with Gasteiger partial charge in [-0.25, -0.2) is 14.8 Å². The Bertz CT molecular complexity index is 1410. The first-order chi connectivity index (χ1) is 17.1. The highest BCUT2D eigenvalue weighted by molar-refractivity contribution is 5.88. The van der Waals surface area contributed by atoms with Crippen LogP contribution in [0.2, 0.25) is 0 Å². The van der Waals surface area contributed by atoms with Crippen molar-refractivity contribution < 1.29 is 9.37 Å². The third-order valence-corrected chi connectivity index (χ3v) is 6.77. The number of amides is 1. The average Bonchev–Trinajstić information content (AvgIpc) is 3.65. The summed E-state index contributed by atoms with van der Waals surface area (Å²) >= 11 is 0. The predicted molar refractivity (Wildman–Crippen MR) is 135 cm³/mol. The Morgan fingerprint density at radius 1 is 1.11 bits per heavy atom. The molecule has 0 radical (unpaired) electrons. The third kappa shape index (κ3) is 4.24. The van der Waals surface area contributed by atoms with Crippen LogP contribution in [0.5, 0.6) is 0 Å². The second kappa shape index (κ2) is 8.88. The second-order valence-corrected chi connectivity index (χ2v) is 9.10. The van der Waals surface area contributed by atoms with Gasteiger partial charge in [0.05, 0.1) is 6.20 Å². The van der Waals surface area contributed by atoms with E-state index in [-0.39, 0.29) is 11.9 Å². The Labute approximate surface area is 203 Å². The molecule has 0 saturated carbocycles. The van der Waals surface area contributed by atoms with Crippen LogP contribution in [-0.4, -0.2) is 61.4 Å². The van der Waals surface area contributed by atoms with Crippen LogP contribution in [0, 0.1) is 0 Å². The number of rotatable bonds is 5. The van der Waals surface area contributed by atoms with Gasteiger partial charge in [-0.3, -0.25) is 10.00 Å². The summed E-state index contributed by atoms with van der Waals surface area (Å²) in [6, 6.07) is 16.1. The molecule has 4 heterocycles. The molecule has 8 nitrogen and oxygen atoms in total. The van der Waals surface area contributed by atoms with Crippen molar-refractivity contribution >= 4 is 23.6 Å². The molecular formula is C27H26N7O+. The van der Waals surface area contributed by atoms with Gasteiger partial charge in [-0.1, -0.05) is 18.2 Å². The molecule has 0 spiro atoms. The molecule has 8 heteroatoms. The molecule has 2 aliphatic heterocycles. The Hall–Kier alpha value is -4.17. The molecule has 1 saturated heterocycles. The zero-order valence-corrected chi connectivity index (χ0v) is 19.5. The number of aromatic nitrogens is 4. The lowest BCUT2D eigenvalue weighted by Gasteiger charge is -2.14. The highest BCUT2D eigenvalue weighted by atomic mass is 16.2. The molecule has 0 unspecified atom stereocenters. The minimum Gasteiger partial charge on any atom is -0.340 e. The predicted octanol–water partition coefficient (Wildman–Crippen LogP) is 3.84. The van der Waals surface area contributed by atoms with Gasteiger partial charge in [0.25, 0.3) is 0 Å². The summed E-state index contributed by atoms with van der Waals surface area (Å²) in [4.78, 5) is 24.4. The van der Waals surface area contributed by atoms with E-state index in [1.165, 1.54) is 0 Å². The topological polar surface area (TPSA) is 89.8 Å². The van der Waals surface area contributed by atoms with E-state index in [2.05, 4.69) is 31.5 Å². The summed E-state index contributed by atoms with van der Waals surface area (Å²) in [7, 11) is 2.03. The average molecular weight is 465 g/mol. The van der Waals surface area contributed by atoms with E-state index >= 15 is 0 Å². The van der Waals surface area contributed by atoms with Gasteiger partial charge >= 0.3 is 5.91 Å². The van der Waals surface area contributed by atoms with Gasteiger partial charge in [0, 0.05) is 40.3 Å². The summed E-state index contributed by atoms with van der Waals surface area (Å²) in [5.41, 5.74) is 6.21. The minimum atomic E-state index is -0.0140. The van der Waals surface area contributed by atoms with Crippen LogP contribution in [0.4, 0.5) is 11.5 Å². The fraction of sp³-hybridized carbons (Fsp3) is 0.222. The van der Waals surface area contributed by atoms with Crippen LogP contribution in [0.3, 0.4) is 0 Å². The van der Waals surface area contributed by atoms with Gasteiger partial charge in [-0.2, -0.15) is 9.67 Å². The fourth-order valence-electron chi connectivity index (χ4n) is 4.83. The molecule has 174 valence electrons. The molecule has 2 aromatic carbocycles. The van der Waals surface area contributed by atoms with Gasteiger partial charge in [0.15, 0.2) is 18.6 Å². The Morgan fingerprint density at radius 3 is 2.74 bits per heavy atom. The van der Waals surface area contributed by atoms with Crippen molar-refractivity contribution in [3.8, 4) is 22.5 Å². The molecule has 6 rings (SSSR count). The van der Waals surface area contributed by atoms with Gasteiger partial charge in [0.2, 0.25) is 0 Å². The molecule has 2 aliphatic rings. The number of aromatic amines is 1. The fourth-order valence-corrected chi connectivity index (χ4v) is 4.83. The van der Waals surface area contributed by atoms with Gasteiger partial charge < -0.3 is 5.32 Å². The second-order valence-electron chi connectivity index (χ2n) is 9.10. The Morgan fingerprint density at radius 2 is 1.97 bits per heavy atom. The van der Waals surface area contributed by atoms with Crippen LogP contribution in [0.1, 0.15) is 24.0 Å². The smallest absolute Gasteiger partial charge is 0.340 e. The van der Waals surface area contributed by atoms with Crippen LogP contribution in [0.25, 0.3) is 22.5 Å². The van der Waals surface area contributed by atoms with Gasteiger partial charge in [-0.15, -0.1) is 0 Å². The molecule has 4 aromatic rings. The summed E-state index contributed by atoms with van der Waals surface area (Å²) in [6.45, 7) is 1.57. The third-order valence-electron chi connectivity index (χ3n) is 6.77. The molecule has 1 amide bonds. The lowest BCUT2D eigenvalue weighted by atomic mass is 10.1. The molecule has 2 aromatic heterocycles. The molecule has 1 atom stereocenters. The van der Waals surface area contributed by atoms with Crippen LogP contribution < -0.4 is 5.32 Å². The van der Waals surface area contributed by atoms with Crippen molar-refractivity contribution in [1.82, 2.24) is 25.1 Å². The number of carbonyl (C=O) groups excluding carboxylic acids is 1. The number of hydrogen-bond acceptors (Lipinski definition) is 6. The lowest BCUT2D eigenvalue weighted by molar-refractivity contribution is -0.458. The normalized spacial score (nSPS) is 17.3. The standard InChI is InChI=1S/C27H25N7O/c1-33-12-2-3-24(33)27(35)34-16-20-5-4-19(13-21(20)17-34)26-28-11-10-25(32-26)31-23-8-6-18(7-9-23)22-14-29-30-15-22/h4-11,13-16,24H,2-3,12,17H2,1H3,(H,28,32)/p+1/t24-/m1/s1. The Balaban J connectivity index is 1.17. The number of carbonyl (C=O) groups is 1. The van der Waals surface area contributed by atoms with E-state index in [0.717, 1.165) is 58.7 Å². The van der Waals surface area contributed by atoms with E-state index in [1.54, 1.807) is 12.4 Å². The zero-order valence-electron chi connectivity index (χ0n) is 19.5. The summed E-state index contributed by atoms with van der Waals surface area (Å²) in [6.07, 6.45) is 9.41. The molecular weight excluding hydrogens is 438 g/mol. The number of likely N-dealkylation sites (N-methyl/N-ethyl adjacent to an activating group) is 1. The zero-order chi connectivity index (χ0) is 23.8. The number of benzene rings is 2. The maximum atomic E-state index is 13.0. The highest BCUT2D eigenvalue weighted by Gasteiger charge is 2.37. The van der Waals surface area contributed by atoms with Crippen molar-refractivity contribution in [2.24, 2.45) is 0 Å². The quantitative estimate of drug-likeness (QED) is 0.436. The van der Waals surface area contributed by atoms with Crippen LogP contribution in [0.15, 0.2) is 67.1 Å². The lowest BCUT2D eigenvalue weighted by Crippen LogP contribution is -2.38. The number of likely N-dealkylation sites (tertiary alicyclic amines) is 1. The molecule has 1 fully saturated rings. The van der Waals surface area contributed by atoms with E-state index < -0.39 is 0 Å². The first-order valence-corrected chi connectivity index (χ1v) is 11.8. The minimum absolute atomic E-state index is 0.0140. The van der Waals surface area contributed by atoms with E-state index in [0.29, 0.717) is 12.4 Å². The van der Waals surface area contributed by atoms with E-state index in [9.17, 15) is 4.79 Å². The van der Waals surface area contributed by atoms with Crippen LogP contribution >= 0.6 is 0 Å². The van der Waals surface area contributed by atoms with Crippen molar-refractivity contribution in [2.45, 2.75) is 25.4 Å². The first kappa shape index (κ1) is 21.4. The molecule has 0 aliphatic carbocycles. The largest absolute Gasteiger partial charge is 0.404 e. The highest BCUT2D eigenvalue weighted by Crippen LogP contribution is 2.26. The SMILES string of the molecule is CN1CCC[C@@H]1C(=O)[N+]1=Cc2ccc(-c3nccc(Nc4ccc(-c5cn[nH]c5)cc4)n3)cc2C1. The van der Waals surface area contributed by atoms with Crippen LogP contribution in [-0.2, 0) is 11.3 Å². The van der Waals surface area contributed by atoms with Gasteiger partial charge in [-0.05, 0) is 62.3 Å². The summed E-state index contributed by atoms with van der Waals surface area (Å²) in [5.74, 6) is 1.55. The molecule has 2 N–H and O–H groups in total. The molecule has 0 bridgehead atoms. The first-order valence-electron chi connectivity index (χ1n) is 11.8. The number of anilines is 2. The number of fused-ring (bicyclic) bond motifs is 1. The Kier molecular flexibility index (Phi) is 5.42. The van der Waals surface area contributed by atoms with Crippen molar-refractivity contribution in [3.05, 3.63) is 78.2 Å². The maximum Gasteiger partial charge on any atom is 0.404 e. The van der Waals surface area contributed by atoms with E-state index in [1.807, 2.05) is 66.5 Å². The number of nitrogens with zero attached hydrogens (tertiary/aromatic N) is 5. The maximum absolute atomic E-state index is 13.0. The van der Waals surface area contributed by atoms with Crippen molar-refractivity contribution in [3.63, 3.8) is 0 Å². The molecule has 35 heavy (non-hydrogen) atoms. The number of hydrogen-bond donors (Lipinski definition) is 2. The number of H-pyrrole nitrogens is 1. The monoisotopic (exact) mass is 464 g/mol. The number of nitrogens with one attached hydrogen (secondary N) is 2. The van der Waals surface area contributed by atoms with E-state index in [4.69, 9.17) is 4.98 Å². The summed E-state index contributed by atoms with van der Waals surface area (Å²) < 4.78 is 1.85.